The number of ether oxygens (including phenoxy) is 6. The van der Waals surface area contributed by atoms with Crippen molar-refractivity contribution >= 4 is 35.6 Å². The van der Waals surface area contributed by atoms with Crippen LogP contribution in [0.15, 0.2) is 41.3 Å². The number of nitriles is 1. The average molecular weight is 600 g/mol. The van der Waals surface area contributed by atoms with E-state index < -0.39 is 54.4 Å². The number of carbonyl (C=O) groups excluding carboxylic acids is 4. The minimum atomic E-state index is -1.30. The van der Waals surface area contributed by atoms with E-state index in [1.165, 1.54) is 39.5 Å². The third kappa shape index (κ3) is 8.24. The Morgan fingerprint density at radius 1 is 0.881 bits per heavy atom. The number of methoxy groups -OCH3 is 1. The molecule has 0 saturated carbocycles. The van der Waals surface area contributed by atoms with Crippen LogP contribution in [-0.4, -0.2) is 68.3 Å². The minimum absolute atomic E-state index is 0.335. The SMILES string of the molecule is COc1ccc(Cc2cc([C@@H]3O[C@H](COC(C)=O)[C@@H](OC(C)=O)[C@H](OC(C)=O)[C@H]3OC(C)=O)c(SC)cc2C#N)cc1. The molecular formula is C30H33NO10S. The normalized spacial score (nSPS) is 21.4. The van der Waals surface area contributed by atoms with Crippen LogP contribution in [0.1, 0.15) is 56.1 Å². The largest absolute Gasteiger partial charge is 0.497 e. The molecule has 0 spiro atoms. The molecule has 224 valence electrons. The Hall–Kier alpha value is -4.08. The number of carbonyl (C=O) groups is 4. The first kappa shape index (κ1) is 32.4. The molecule has 12 heteroatoms. The van der Waals surface area contributed by atoms with Gasteiger partial charge in [-0.1, -0.05) is 18.2 Å². The van der Waals surface area contributed by atoms with Crippen LogP contribution in [0.2, 0.25) is 0 Å². The van der Waals surface area contributed by atoms with Gasteiger partial charge in [-0.3, -0.25) is 19.2 Å². The fourth-order valence-electron chi connectivity index (χ4n) is 4.74. The van der Waals surface area contributed by atoms with Crippen LogP contribution in [0.3, 0.4) is 0 Å². The zero-order chi connectivity index (χ0) is 31.0. The van der Waals surface area contributed by atoms with E-state index >= 15 is 0 Å². The molecule has 2 aromatic rings. The molecular weight excluding hydrogens is 566 g/mol. The summed E-state index contributed by atoms with van der Waals surface area (Å²) < 4.78 is 33.6. The lowest BCUT2D eigenvalue weighted by molar-refractivity contribution is -0.254. The first-order valence-corrected chi connectivity index (χ1v) is 14.2. The van der Waals surface area contributed by atoms with E-state index in [4.69, 9.17) is 28.4 Å². The molecule has 0 aliphatic carbocycles. The van der Waals surface area contributed by atoms with Gasteiger partial charge >= 0.3 is 23.9 Å². The van der Waals surface area contributed by atoms with E-state index in [-0.39, 0.29) is 6.61 Å². The van der Waals surface area contributed by atoms with Crippen molar-refractivity contribution in [3.8, 4) is 11.8 Å². The highest BCUT2D eigenvalue weighted by molar-refractivity contribution is 7.98. The fraction of sp³-hybridized carbons (Fsp3) is 0.433. The van der Waals surface area contributed by atoms with Crippen molar-refractivity contribution in [1.82, 2.24) is 0 Å². The van der Waals surface area contributed by atoms with Gasteiger partial charge in [-0.2, -0.15) is 5.26 Å². The maximum atomic E-state index is 12.3. The summed E-state index contributed by atoms with van der Waals surface area (Å²) in [6.45, 7) is 4.40. The first-order chi connectivity index (χ1) is 20.0. The van der Waals surface area contributed by atoms with Crippen LogP contribution < -0.4 is 4.74 Å². The maximum absolute atomic E-state index is 12.3. The number of hydrogen-bond acceptors (Lipinski definition) is 12. The lowest BCUT2D eigenvalue weighted by atomic mass is 9.88. The zero-order valence-electron chi connectivity index (χ0n) is 24.2. The molecule has 0 bridgehead atoms. The Bertz CT molecular complexity index is 1350. The standard InChI is InChI=1S/C30H33NO10S/c1-16(32)37-15-25-28(38-17(2)33)30(40-19(4)35)29(39-18(3)34)27(41-25)24-12-21(22(14-31)13-26(24)42-6)11-20-7-9-23(36-5)10-8-20/h7-10,12-13,25,27-30H,11,15H2,1-6H3/t25-,27+,28-,29+,30+/m1/s1. The highest BCUT2D eigenvalue weighted by atomic mass is 32.2. The quantitative estimate of drug-likeness (QED) is 0.223. The Morgan fingerprint density at radius 2 is 1.48 bits per heavy atom. The highest BCUT2D eigenvalue weighted by Crippen LogP contribution is 2.42. The van der Waals surface area contributed by atoms with Crippen molar-refractivity contribution in [2.45, 2.75) is 69.5 Å². The van der Waals surface area contributed by atoms with Crippen molar-refractivity contribution in [3.63, 3.8) is 0 Å². The summed E-state index contributed by atoms with van der Waals surface area (Å²) in [6, 6.07) is 13.2. The van der Waals surface area contributed by atoms with Gasteiger partial charge in [-0.15, -0.1) is 11.8 Å². The van der Waals surface area contributed by atoms with Crippen LogP contribution in [0.25, 0.3) is 0 Å². The number of esters is 4. The van der Waals surface area contributed by atoms with Gasteiger partial charge in [0.1, 0.15) is 24.6 Å². The van der Waals surface area contributed by atoms with Crippen molar-refractivity contribution in [3.05, 3.63) is 58.7 Å². The second-order valence-electron chi connectivity index (χ2n) is 9.51. The van der Waals surface area contributed by atoms with E-state index in [1.54, 1.807) is 19.2 Å². The fourth-order valence-corrected chi connectivity index (χ4v) is 5.38. The Labute approximate surface area is 248 Å². The smallest absolute Gasteiger partial charge is 0.303 e. The molecule has 1 aliphatic rings. The molecule has 3 rings (SSSR count). The molecule has 0 unspecified atom stereocenters. The molecule has 0 aromatic heterocycles. The van der Waals surface area contributed by atoms with Gasteiger partial charge in [0.2, 0.25) is 0 Å². The number of benzene rings is 2. The maximum Gasteiger partial charge on any atom is 0.303 e. The van der Waals surface area contributed by atoms with Crippen LogP contribution in [0, 0.1) is 11.3 Å². The van der Waals surface area contributed by atoms with Crippen LogP contribution in [0.4, 0.5) is 0 Å². The first-order valence-electron chi connectivity index (χ1n) is 13.0. The van der Waals surface area contributed by atoms with Crippen molar-refractivity contribution in [1.29, 1.82) is 5.26 Å². The van der Waals surface area contributed by atoms with E-state index in [9.17, 15) is 24.4 Å². The third-order valence-corrected chi connectivity index (χ3v) is 7.22. The summed E-state index contributed by atoms with van der Waals surface area (Å²) in [5.41, 5.74) is 2.56. The molecule has 0 radical (unpaired) electrons. The topological polar surface area (TPSA) is 147 Å². The molecule has 1 aliphatic heterocycles. The second kappa shape index (κ2) is 14.7. The lowest BCUT2D eigenvalue weighted by Gasteiger charge is -2.45. The predicted molar refractivity (Wildman–Crippen MR) is 150 cm³/mol. The van der Waals surface area contributed by atoms with Crippen LogP contribution >= 0.6 is 11.8 Å². The zero-order valence-corrected chi connectivity index (χ0v) is 25.0. The van der Waals surface area contributed by atoms with Crippen molar-refractivity contribution < 1.29 is 47.6 Å². The minimum Gasteiger partial charge on any atom is -0.497 e. The van der Waals surface area contributed by atoms with Crippen LogP contribution in [0.5, 0.6) is 5.75 Å². The average Bonchev–Trinajstić information content (AvgIpc) is 2.93. The van der Waals surface area contributed by atoms with Crippen molar-refractivity contribution in [2.75, 3.05) is 20.0 Å². The molecule has 0 amide bonds. The van der Waals surface area contributed by atoms with E-state index in [0.29, 0.717) is 33.8 Å². The van der Waals surface area contributed by atoms with E-state index in [1.807, 2.05) is 30.5 Å². The Kier molecular flexibility index (Phi) is 11.4. The summed E-state index contributed by atoms with van der Waals surface area (Å²) in [6.07, 6.45) is -3.76. The summed E-state index contributed by atoms with van der Waals surface area (Å²) in [7, 11) is 1.57. The van der Waals surface area contributed by atoms with E-state index in [0.717, 1.165) is 5.56 Å². The molecule has 11 nitrogen and oxygen atoms in total. The van der Waals surface area contributed by atoms with Gasteiger partial charge in [0.25, 0.3) is 0 Å². The molecule has 1 heterocycles. The monoisotopic (exact) mass is 599 g/mol. The van der Waals surface area contributed by atoms with E-state index in [2.05, 4.69) is 6.07 Å². The number of hydrogen-bond donors (Lipinski definition) is 0. The van der Waals surface area contributed by atoms with Gasteiger partial charge in [0, 0.05) is 32.6 Å². The summed E-state index contributed by atoms with van der Waals surface area (Å²) in [5.74, 6) is -2.03. The lowest BCUT2D eigenvalue weighted by Crippen LogP contribution is -2.59. The third-order valence-electron chi connectivity index (χ3n) is 6.43. The number of rotatable bonds is 10. The number of thioether (sulfide) groups is 1. The molecule has 1 fully saturated rings. The van der Waals surface area contributed by atoms with Gasteiger partial charge in [-0.25, -0.2) is 0 Å². The number of nitrogens with zero attached hydrogens (tertiary/aromatic N) is 1. The molecule has 1 saturated heterocycles. The van der Waals surface area contributed by atoms with Gasteiger partial charge in [0.05, 0.1) is 18.7 Å². The molecule has 42 heavy (non-hydrogen) atoms. The predicted octanol–water partition coefficient (Wildman–Crippen LogP) is 3.68. The highest BCUT2D eigenvalue weighted by Gasteiger charge is 2.53. The van der Waals surface area contributed by atoms with Gasteiger partial charge in [0.15, 0.2) is 18.3 Å². The summed E-state index contributed by atoms with van der Waals surface area (Å²) >= 11 is 1.34. The molecule has 0 N–H and O–H groups in total. The van der Waals surface area contributed by atoms with Crippen LogP contribution in [-0.2, 0) is 49.3 Å². The van der Waals surface area contributed by atoms with Gasteiger partial charge < -0.3 is 28.4 Å². The molecule has 2 aromatic carbocycles. The van der Waals surface area contributed by atoms with Gasteiger partial charge in [-0.05, 0) is 47.6 Å². The summed E-state index contributed by atoms with van der Waals surface area (Å²) in [4.78, 5) is 48.9. The van der Waals surface area contributed by atoms with Crippen molar-refractivity contribution in [2.24, 2.45) is 0 Å². The summed E-state index contributed by atoms with van der Waals surface area (Å²) in [5, 5.41) is 9.96. The second-order valence-corrected chi connectivity index (χ2v) is 10.4. The molecule has 5 atom stereocenters. The Morgan fingerprint density at radius 3 is 2.00 bits per heavy atom. The Balaban J connectivity index is 2.19.